The number of hydrogen-bond donors (Lipinski definition) is 1. The summed E-state index contributed by atoms with van der Waals surface area (Å²) in [5, 5.41) is 2.84. The zero-order chi connectivity index (χ0) is 21.2. The van der Waals surface area contributed by atoms with E-state index in [1.165, 1.54) is 39.7 Å². The number of rotatable bonds is 10. The molecule has 1 atom stereocenters. The third-order valence-electron chi connectivity index (χ3n) is 4.88. The number of carbonyl (C=O) groups excluding carboxylic acids is 2. The fourth-order valence-electron chi connectivity index (χ4n) is 3.32. The molecular formula is C22H31NO6. The van der Waals surface area contributed by atoms with Crippen LogP contribution in [0.15, 0.2) is 23.8 Å². The van der Waals surface area contributed by atoms with Crippen molar-refractivity contribution in [1.29, 1.82) is 0 Å². The zero-order valence-electron chi connectivity index (χ0n) is 17.7. The number of methoxy groups -OCH3 is 3. The summed E-state index contributed by atoms with van der Waals surface area (Å²) in [5.41, 5.74) is 2.03. The first-order valence-electron chi connectivity index (χ1n) is 9.92. The molecule has 1 aromatic rings. The molecule has 1 aromatic carbocycles. The lowest BCUT2D eigenvalue weighted by molar-refractivity contribution is -0.154. The highest BCUT2D eigenvalue weighted by Crippen LogP contribution is 2.38. The molecule has 1 N–H and O–H groups in total. The van der Waals surface area contributed by atoms with Gasteiger partial charge in [-0.2, -0.15) is 0 Å². The Balaban J connectivity index is 1.86. The Morgan fingerprint density at radius 2 is 1.76 bits per heavy atom. The van der Waals surface area contributed by atoms with Crippen molar-refractivity contribution in [2.45, 2.75) is 51.6 Å². The molecule has 1 aliphatic carbocycles. The number of allylic oxidation sites excluding steroid dienone is 1. The average molecular weight is 405 g/mol. The predicted molar refractivity (Wildman–Crippen MR) is 110 cm³/mol. The lowest BCUT2D eigenvalue weighted by Crippen LogP contribution is -2.36. The van der Waals surface area contributed by atoms with E-state index in [0.29, 0.717) is 29.4 Å². The minimum absolute atomic E-state index is 0.0127. The molecule has 0 bridgehead atoms. The Labute approximate surface area is 172 Å². The molecule has 0 fully saturated rings. The quantitative estimate of drug-likeness (QED) is 0.475. The Hall–Kier alpha value is -2.70. The maximum atomic E-state index is 12.3. The Bertz CT molecular complexity index is 718. The summed E-state index contributed by atoms with van der Waals surface area (Å²) in [6, 6.07) is 3.37. The van der Waals surface area contributed by atoms with Gasteiger partial charge in [-0.3, -0.25) is 9.59 Å². The molecule has 0 heterocycles. The van der Waals surface area contributed by atoms with Crippen LogP contribution in [0.4, 0.5) is 0 Å². The number of nitrogens with one attached hydrogen (secondary N) is 1. The van der Waals surface area contributed by atoms with Crippen molar-refractivity contribution in [3.05, 3.63) is 29.3 Å². The number of esters is 1. The van der Waals surface area contributed by atoms with Crippen molar-refractivity contribution >= 4 is 11.9 Å². The van der Waals surface area contributed by atoms with Crippen LogP contribution in [0.5, 0.6) is 17.2 Å². The molecule has 0 saturated heterocycles. The number of carbonyl (C=O) groups is 2. The Kier molecular flexibility index (Phi) is 8.83. The van der Waals surface area contributed by atoms with E-state index in [-0.39, 0.29) is 12.3 Å². The molecule has 0 radical (unpaired) electrons. The van der Waals surface area contributed by atoms with Crippen LogP contribution in [0.1, 0.15) is 44.6 Å². The van der Waals surface area contributed by atoms with Crippen LogP contribution in [-0.2, 0) is 20.7 Å². The minimum Gasteiger partial charge on any atom is -0.493 e. The summed E-state index contributed by atoms with van der Waals surface area (Å²) in [7, 11) is 4.53. The largest absolute Gasteiger partial charge is 0.493 e. The van der Waals surface area contributed by atoms with E-state index in [0.717, 1.165) is 19.3 Å². The van der Waals surface area contributed by atoms with Gasteiger partial charge in [0.2, 0.25) is 5.75 Å². The van der Waals surface area contributed by atoms with Crippen molar-refractivity contribution in [2.75, 3.05) is 27.9 Å². The molecule has 0 saturated carbocycles. The van der Waals surface area contributed by atoms with Gasteiger partial charge in [-0.05, 0) is 56.7 Å². The van der Waals surface area contributed by atoms with Crippen LogP contribution in [0.3, 0.4) is 0 Å². The molecule has 0 spiro atoms. The molecule has 0 aromatic heterocycles. The first kappa shape index (κ1) is 22.6. The molecule has 29 heavy (non-hydrogen) atoms. The first-order chi connectivity index (χ1) is 14.0. The predicted octanol–water partition coefficient (Wildman–Crippen LogP) is 3.19. The summed E-state index contributed by atoms with van der Waals surface area (Å²) in [4.78, 5) is 24.5. The number of benzene rings is 1. The van der Waals surface area contributed by atoms with Crippen molar-refractivity contribution in [1.82, 2.24) is 5.32 Å². The van der Waals surface area contributed by atoms with Gasteiger partial charge in [0, 0.05) is 6.54 Å². The molecule has 160 valence electrons. The topological polar surface area (TPSA) is 83.1 Å². The van der Waals surface area contributed by atoms with E-state index in [9.17, 15) is 9.59 Å². The van der Waals surface area contributed by atoms with Crippen molar-refractivity contribution in [2.24, 2.45) is 0 Å². The summed E-state index contributed by atoms with van der Waals surface area (Å²) >= 11 is 0. The lowest BCUT2D eigenvalue weighted by atomic mass is 9.97. The molecule has 1 aliphatic rings. The molecule has 0 aliphatic heterocycles. The fourth-order valence-corrected chi connectivity index (χ4v) is 3.32. The second-order valence-electron chi connectivity index (χ2n) is 6.99. The fraction of sp³-hybridized carbons (Fsp3) is 0.545. The Morgan fingerprint density at radius 1 is 1.07 bits per heavy atom. The summed E-state index contributed by atoms with van der Waals surface area (Å²) < 4.78 is 21.1. The molecule has 7 heteroatoms. The molecule has 7 nitrogen and oxygen atoms in total. The summed E-state index contributed by atoms with van der Waals surface area (Å²) in [6.45, 7) is 2.13. The summed E-state index contributed by atoms with van der Waals surface area (Å²) in [5.74, 6) is 0.569. The van der Waals surface area contributed by atoms with E-state index in [1.54, 1.807) is 19.1 Å². The third kappa shape index (κ3) is 6.69. The van der Waals surface area contributed by atoms with Crippen LogP contribution in [0.25, 0.3) is 0 Å². The van der Waals surface area contributed by atoms with Gasteiger partial charge in [-0.25, -0.2) is 0 Å². The minimum atomic E-state index is -0.857. The average Bonchev–Trinajstić information content (AvgIpc) is 2.73. The normalized spacial score (nSPS) is 14.4. The van der Waals surface area contributed by atoms with Gasteiger partial charge < -0.3 is 24.3 Å². The van der Waals surface area contributed by atoms with Gasteiger partial charge in [0.1, 0.15) is 0 Å². The van der Waals surface area contributed by atoms with Gasteiger partial charge in [-0.15, -0.1) is 0 Å². The van der Waals surface area contributed by atoms with E-state index >= 15 is 0 Å². The standard InChI is InChI=1S/C22H31NO6/c1-15(22(25)23-11-10-16-8-6-5-7-9-16)29-20(24)14-17-12-18(26-2)21(28-4)19(13-17)27-3/h8,12-13,15H,5-7,9-11,14H2,1-4H3,(H,23,25)/t15-/m0/s1. The molecule has 1 amide bonds. The van der Waals surface area contributed by atoms with Crippen LogP contribution in [0, 0.1) is 0 Å². The maximum absolute atomic E-state index is 12.3. The van der Waals surface area contributed by atoms with E-state index < -0.39 is 12.1 Å². The van der Waals surface area contributed by atoms with Crippen molar-refractivity contribution < 1.29 is 28.5 Å². The second-order valence-corrected chi connectivity index (χ2v) is 6.99. The maximum Gasteiger partial charge on any atom is 0.311 e. The SMILES string of the molecule is COc1cc(CC(=O)O[C@@H](C)C(=O)NCCC2=CCCCC2)cc(OC)c1OC. The van der Waals surface area contributed by atoms with Crippen LogP contribution in [-0.4, -0.2) is 45.9 Å². The second kappa shape index (κ2) is 11.3. The summed E-state index contributed by atoms with van der Waals surface area (Å²) in [6.07, 6.45) is 6.93. The number of hydrogen-bond acceptors (Lipinski definition) is 6. The highest BCUT2D eigenvalue weighted by molar-refractivity contribution is 5.84. The number of amides is 1. The highest BCUT2D eigenvalue weighted by Gasteiger charge is 2.20. The first-order valence-corrected chi connectivity index (χ1v) is 9.92. The van der Waals surface area contributed by atoms with Crippen LogP contribution in [0.2, 0.25) is 0 Å². The van der Waals surface area contributed by atoms with E-state index in [2.05, 4.69) is 11.4 Å². The molecule has 2 rings (SSSR count). The molecule has 0 unspecified atom stereocenters. The van der Waals surface area contributed by atoms with Gasteiger partial charge in [-0.1, -0.05) is 11.6 Å². The van der Waals surface area contributed by atoms with Crippen molar-refractivity contribution in [3.63, 3.8) is 0 Å². The zero-order valence-corrected chi connectivity index (χ0v) is 17.7. The van der Waals surface area contributed by atoms with E-state index in [4.69, 9.17) is 18.9 Å². The number of ether oxygens (including phenoxy) is 4. The monoisotopic (exact) mass is 405 g/mol. The molecular weight excluding hydrogens is 374 g/mol. The smallest absolute Gasteiger partial charge is 0.311 e. The lowest BCUT2D eigenvalue weighted by Gasteiger charge is -2.16. The van der Waals surface area contributed by atoms with Crippen molar-refractivity contribution in [3.8, 4) is 17.2 Å². The third-order valence-corrected chi connectivity index (χ3v) is 4.88. The van der Waals surface area contributed by atoms with Crippen LogP contribution < -0.4 is 19.5 Å². The highest BCUT2D eigenvalue weighted by atomic mass is 16.5. The van der Waals surface area contributed by atoms with Gasteiger partial charge >= 0.3 is 5.97 Å². The van der Waals surface area contributed by atoms with Gasteiger partial charge in [0.15, 0.2) is 17.6 Å². The van der Waals surface area contributed by atoms with Gasteiger partial charge in [0.05, 0.1) is 27.8 Å². The van der Waals surface area contributed by atoms with E-state index in [1.807, 2.05) is 0 Å². The van der Waals surface area contributed by atoms with Crippen LogP contribution >= 0.6 is 0 Å². The Morgan fingerprint density at radius 3 is 2.31 bits per heavy atom. The van der Waals surface area contributed by atoms with Gasteiger partial charge in [0.25, 0.3) is 5.91 Å².